The molecule has 0 aliphatic heterocycles. The zero-order chi connectivity index (χ0) is 12.0. The number of carbonyl (C=O) groups is 1. The SMILES string of the molecule is CCc1ccc(C(=O)C(CC)CC#N)cc1. The second-order valence-electron chi connectivity index (χ2n) is 3.88. The lowest BCUT2D eigenvalue weighted by Crippen LogP contribution is -2.13. The fraction of sp³-hybridized carbons (Fsp3) is 0.429. The summed E-state index contributed by atoms with van der Waals surface area (Å²) in [7, 11) is 0. The van der Waals surface area contributed by atoms with Crippen molar-refractivity contribution in [2.45, 2.75) is 33.1 Å². The van der Waals surface area contributed by atoms with Crippen molar-refractivity contribution >= 4 is 5.78 Å². The fourth-order valence-electron chi connectivity index (χ4n) is 1.67. The number of nitrogens with zero attached hydrogens (tertiary/aromatic N) is 1. The van der Waals surface area contributed by atoms with E-state index < -0.39 is 0 Å². The van der Waals surface area contributed by atoms with Crippen molar-refractivity contribution in [1.29, 1.82) is 5.26 Å². The van der Waals surface area contributed by atoms with Crippen LogP contribution >= 0.6 is 0 Å². The third-order valence-electron chi connectivity index (χ3n) is 2.85. The van der Waals surface area contributed by atoms with Crippen molar-refractivity contribution in [3.63, 3.8) is 0 Å². The summed E-state index contributed by atoms with van der Waals surface area (Å²) in [5.41, 5.74) is 1.95. The molecular formula is C14H17NO. The van der Waals surface area contributed by atoms with Gasteiger partial charge in [-0.3, -0.25) is 4.79 Å². The molecule has 0 amide bonds. The molecule has 2 nitrogen and oxygen atoms in total. The predicted molar refractivity (Wildman–Crippen MR) is 64.2 cm³/mol. The summed E-state index contributed by atoms with van der Waals surface area (Å²) >= 11 is 0. The molecule has 84 valence electrons. The Morgan fingerprint density at radius 1 is 1.31 bits per heavy atom. The highest BCUT2D eigenvalue weighted by atomic mass is 16.1. The number of carbonyl (C=O) groups excluding carboxylic acids is 1. The van der Waals surface area contributed by atoms with Crippen LogP contribution in [0.15, 0.2) is 24.3 Å². The van der Waals surface area contributed by atoms with Gasteiger partial charge >= 0.3 is 0 Å². The molecule has 0 bridgehead atoms. The number of ketones is 1. The maximum atomic E-state index is 12.0. The first kappa shape index (κ1) is 12.4. The van der Waals surface area contributed by atoms with Crippen LogP contribution in [-0.2, 0) is 6.42 Å². The van der Waals surface area contributed by atoms with Crippen LogP contribution in [0.3, 0.4) is 0 Å². The zero-order valence-electron chi connectivity index (χ0n) is 9.86. The highest BCUT2D eigenvalue weighted by molar-refractivity contribution is 5.97. The van der Waals surface area contributed by atoms with E-state index in [9.17, 15) is 4.79 Å². The monoisotopic (exact) mass is 215 g/mol. The van der Waals surface area contributed by atoms with E-state index in [-0.39, 0.29) is 11.7 Å². The van der Waals surface area contributed by atoms with Crippen molar-refractivity contribution in [3.05, 3.63) is 35.4 Å². The first-order chi connectivity index (χ1) is 7.72. The lowest BCUT2D eigenvalue weighted by atomic mass is 9.92. The van der Waals surface area contributed by atoms with Gasteiger partial charge in [-0.15, -0.1) is 0 Å². The first-order valence-electron chi connectivity index (χ1n) is 5.73. The molecule has 1 rings (SSSR count). The molecule has 0 fully saturated rings. The van der Waals surface area contributed by atoms with Crippen LogP contribution in [-0.4, -0.2) is 5.78 Å². The lowest BCUT2D eigenvalue weighted by Gasteiger charge is -2.09. The molecule has 0 aliphatic carbocycles. The Morgan fingerprint density at radius 2 is 1.94 bits per heavy atom. The number of Topliss-reactive ketones (excluding diaryl/α,β-unsaturated/α-hetero) is 1. The lowest BCUT2D eigenvalue weighted by molar-refractivity contribution is 0.0918. The van der Waals surface area contributed by atoms with Gasteiger partial charge in [0.15, 0.2) is 5.78 Å². The maximum absolute atomic E-state index is 12.0. The van der Waals surface area contributed by atoms with E-state index in [1.807, 2.05) is 31.2 Å². The van der Waals surface area contributed by atoms with E-state index in [0.29, 0.717) is 6.42 Å². The number of nitriles is 1. The summed E-state index contributed by atoms with van der Waals surface area (Å²) in [4.78, 5) is 12.0. The topological polar surface area (TPSA) is 40.9 Å². The minimum absolute atomic E-state index is 0.0895. The summed E-state index contributed by atoms with van der Waals surface area (Å²) in [6.07, 6.45) is 2.01. The third-order valence-corrected chi connectivity index (χ3v) is 2.85. The van der Waals surface area contributed by atoms with Crippen molar-refractivity contribution in [3.8, 4) is 6.07 Å². The number of hydrogen-bond donors (Lipinski definition) is 0. The van der Waals surface area contributed by atoms with E-state index in [1.165, 1.54) is 5.56 Å². The highest BCUT2D eigenvalue weighted by Crippen LogP contribution is 2.16. The molecule has 0 N–H and O–H groups in total. The van der Waals surface area contributed by atoms with Gasteiger partial charge in [-0.1, -0.05) is 38.1 Å². The first-order valence-corrected chi connectivity index (χ1v) is 5.73. The smallest absolute Gasteiger partial charge is 0.166 e. The molecule has 1 atom stereocenters. The second kappa shape index (κ2) is 6.07. The minimum atomic E-state index is -0.155. The van der Waals surface area contributed by atoms with Gasteiger partial charge in [0, 0.05) is 17.9 Å². The summed E-state index contributed by atoms with van der Waals surface area (Å²) in [6, 6.07) is 9.75. The molecule has 16 heavy (non-hydrogen) atoms. The number of hydrogen-bond acceptors (Lipinski definition) is 2. The zero-order valence-corrected chi connectivity index (χ0v) is 9.86. The average molecular weight is 215 g/mol. The van der Waals surface area contributed by atoms with Crippen molar-refractivity contribution in [2.24, 2.45) is 5.92 Å². The van der Waals surface area contributed by atoms with Crippen molar-refractivity contribution < 1.29 is 4.79 Å². The molecule has 0 saturated carbocycles. The van der Waals surface area contributed by atoms with Crippen LogP contribution in [0.4, 0.5) is 0 Å². The van der Waals surface area contributed by atoms with Gasteiger partial charge in [-0.2, -0.15) is 5.26 Å². The third kappa shape index (κ3) is 2.93. The van der Waals surface area contributed by atoms with E-state index in [2.05, 4.69) is 13.0 Å². The summed E-state index contributed by atoms with van der Waals surface area (Å²) < 4.78 is 0. The van der Waals surface area contributed by atoms with Crippen LogP contribution in [0, 0.1) is 17.2 Å². The fourth-order valence-corrected chi connectivity index (χ4v) is 1.67. The standard InChI is InChI=1S/C14H17NO/c1-3-11-5-7-13(8-6-11)14(16)12(4-2)9-10-15/h5-8,12H,3-4,9H2,1-2H3. The normalized spacial score (nSPS) is 11.8. The second-order valence-corrected chi connectivity index (χ2v) is 3.88. The number of aryl methyl sites for hydroxylation is 1. The van der Waals surface area contributed by atoms with Crippen LogP contribution in [0.25, 0.3) is 0 Å². The van der Waals surface area contributed by atoms with Crippen LogP contribution in [0.1, 0.15) is 42.6 Å². The Balaban J connectivity index is 2.83. The molecular weight excluding hydrogens is 198 g/mol. The Kier molecular flexibility index (Phi) is 4.72. The van der Waals surface area contributed by atoms with Crippen LogP contribution in [0.5, 0.6) is 0 Å². The average Bonchev–Trinajstić information content (AvgIpc) is 2.35. The van der Waals surface area contributed by atoms with Crippen molar-refractivity contribution in [1.82, 2.24) is 0 Å². The molecule has 0 saturated heterocycles. The highest BCUT2D eigenvalue weighted by Gasteiger charge is 2.17. The van der Waals surface area contributed by atoms with Gasteiger partial charge in [0.25, 0.3) is 0 Å². The maximum Gasteiger partial charge on any atom is 0.166 e. The van der Waals surface area contributed by atoms with E-state index in [0.717, 1.165) is 18.4 Å². The molecule has 0 aromatic heterocycles. The molecule has 0 radical (unpaired) electrons. The van der Waals surface area contributed by atoms with Gasteiger partial charge in [-0.25, -0.2) is 0 Å². The van der Waals surface area contributed by atoms with E-state index >= 15 is 0 Å². The summed E-state index contributed by atoms with van der Waals surface area (Å²) in [5, 5.41) is 8.64. The largest absolute Gasteiger partial charge is 0.294 e. The molecule has 1 aromatic carbocycles. The Bertz CT molecular complexity index is 386. The molecule has 1 aromatic rings. The minimum Gasteiger partial charge on any atom is -0.294 e. The quantitative estimate of drug-likeness (QED) is 0.706. The Morgan fingerprint density at radius 3 is 2.38 bits per heavy atom. The van der Waals surface area contributed by atoms with E-state index in [4.69, 9.17) is 5.26 Å². The van der Waals surface area contributed by atoms with E-state index in [1.54, 1.807) is 0 Å². The molecule has 0 spiro atoms. The summed E-state index contributed by atoms with van der Waals surface area (Å²) in [6.45, 7) is 4.03. The van der Waals surface area contributed by atoms with Crippen LogP contribution < -0.4 is 0 Å². The number of rotatable bonds is 5. The van der Waals surface area contributed by atoms with Gasteiger partial charge in [-0.05, 0) is 18.4 Å². The molecule has 2 heteroatoms. The Hall–Kier alpha value is -1.62. The molecule has 0 aliphatic rings. The number of benzene rings is 1. The van der Waals surface area contributed by atoms with Crippen LogP contribution in [0.2, 0.25) is 0 Å². The molecule has 1 unspecified atom stereocenters. The van der Waals surface area contributed by atoms with Gasteiger partial charge in [0.1, 0.15) is 0 Å². The van der Waals surface area contributed by atoms with Crippen molar-refractivity contribution in [2.75, 3.05) is 0 Å². The summed E-state index contributed by atoms with van der Waals surface area (Å²) in [5.74, 6) is -0.0656. The van der Waals surface area contributed by atoms with Gasteiger partial charge in [0.05, 0.1) is 6.07 Å². The predicted octanol–water partition coefficient (Wildman–Crippen LogP) is 3.37. The Labute approximate surface area is 96.9 Å². The van der Waals surface area contributed by atoms with Gasteiger partial charge in [0.2, 0.25) is 0 Å². The van der Waals surface area contributed by atoms with Gasteiger partial charge < -0.3 is 0 Å². The molecule has 0 heterocycles.